The first-order chi connectivity index (χ1) is 12.2. The Balaban J connectivity index is 1.73. The maximum absolute atomic E-state index is 12.7. The van der Waals surface area contributed by atoms with Crippen LogP contribution in [0.15, 0.2) is 41.0 Å². The summed E-state index contributed by atoms with van der Waals surface area (Å²) in [7, 11) is 0. The second kappa shape index (κ2) is 8.32. The largest absolute Gasteiger partial charge is 0.349 e. The van der Waals surface area contributed by atoms with Crippen LogP contribution in [0, 0.1) is 11.3 Å². The Hall–Kier alpha value is -2.10. The number of carbonyl (C=O) groups is 1. The van der Waals surface area contributed by atoms with Crippen LogP contribution in [0.3, 0.4) is 0 Å². The number of aromatic nitrogens is 1. The molecule has 1 amide bonds. The van der Waals surface area contributed by atoms with E-state index < -0.39 is 0 Å². The van der Waals surface area contributed by atoms with Gasteiger partial charge < -0.3 is 14.8 Å². The van der Waals surface area contributed by atoms with E-state index in [1.165, 1.54) is 19.3 Å². The van der Waals surface area contributed by atoms with Crippen molar-refractivity contribution in [1.29, 1.82) is 5.26 Å². The molecule has 0 radical (unpaired) electrons. The Morgan fingerprint density at radius 2 is 2.04 bits per heavy atom. The van der Waals surface area contributed by atoms with E-state index in [1.807, 2.05) is 24.3 Å². The second-order valence-corrected chi connectivity index (χ2v) is 7.11. The van der Waals surface area contributed by atoms with E-state index in [0.717, 1.165) is 29.8 Å². The Kier molecular flexibility index (Phi) is 5.90. The highest BCUT2D eigenvalue weighted by molar-refractivity contribution is 9.10. The molecule has 6 heteroatoms. The molecule has 1 aromatic carbocycles. The molecule has 0 aliphatic carbocycles. The van der Waals surface area contributed by atoms with Gasteiger partial charge in [-0.05, 0) is 50.2 Å². The van der Waals surface area contributed by atoms with Crippen molar-refractivity contribution in [2.45, 2.75) is 19.3 Å². The van der Waals surface area contributed by atoms with Crippen molar-refractivity contribution in [2.75, 3.05) is 26.2 Å². The lowest BCUT2D eigenvalue weighted by Gasteiger charge is -2.26. The minimum Gasteiger partial charge on any atom is -0.349 e. The first-order valence-electron chi connectivity index (χ1n) is 8.57. The third kappa shape index (κ3) is 4.30. The summed E-state index contributed by atoms with van der Waals surface area (Å²) in [6.45, 7) is 3.65. The van der Waals surface area contributed by atoms with Gasteiger partial charge in [0.1, 0.15) is 11.8 Å². The molecule has 5 nitrogen and oxygen atoms in total. The van der Waals surface area contributed by atoms with Gasteiger partial charge in [-0.1, -0.05) is 28.4 Å². The number of carbonyl (C=O) groups excluding carboxylic acids is 1. The predicted octanol–water partition coefficient (Wildman–Crippen LogP) is 3.33. The summed E-state index contributed by atoms with van der Waals surface area (Å²) >= 11 is 3.45. The summed E-state index contributed by atoms with van der Waals surface area (Å²) in [5.41, 5.74) is 1.62. The zero-order chi connectivity index (χ0) is 17.6. The molecular weight excluding hydrogens is 380 g/mol. The molecule has 25 heavy (non-hydrogen) atoms. The van der Waals surface area contributed by atoms with Crippen LogP contribution in [0.1, 0.15) is 35.3 Å². The number of piperidine rings is 1. The minimum absolute atomic E-state index is 0.210. The zero-order valence-electron chi connectivity index (χ0n) is 14.0. The van der Waals surface area contributed by atoms with E-state index in [0.29, 0.717) is 17.8 Å². The van der Waals surface area contributed by atoms with Gasteiger partial charge in [-0.3, -0.25) is 4.79 Å². The number of rotatable bonds is 5. The van der Waals surface area contributed by atoms with Gasteiger partial charge in [0.15, 0.2) is 0 Å². The summed E-state index contributed by atoms with van der Waals surface area (Å²) in [6, 6.07) is 11.5. The highest BCUT2D eigenvalue weighted by Crippen LogP contribution is 2.20. The van der Waals surface area contributed by atoms with E-state index in [-0.39, 0.29) is 5.91 Å². The maximum atomic E-state index is 12.7. The van der Waals surface area contributed by atoms with Gasteiger partial charge in [-0.15, -0.1) is 0 Å². The Morgan fingerprint density at radius 3 is 2.76 bits per heavy atom. The number of nitrogens with one attached hydrogen (secondary N) is 1. The van der Waals surface area contributed by atoms with E-state index in [2.05, 4.69) is 32.2 Å². The van der Waals surface area contributed by atoms with Gasteiger partial charge in [0.25, 0.3) is 5.91 Å². The number of halogens is 1. The lowest BCUT2D eigenvalue weighted by atomic mass is 10.1. The molecular formula is C19H21BrN4O. The molecule has 0 spiro atoms. The van der Waals surface area contributed by atoms with Gasteiger partial charge >= 0.3 is 0 Å². The molecule has 1 aliphatic heterocycles. The molecule has 0 atom stereocenters. The highest BCUT2D eigenvalue weighted by Gasteiger charge is 2.18. The topological polar surface area (TPSA) is 61.1 Å². The van der Waals surface area contributed by atoms with Gasteiger partial charge in [0, 0.05) is 29.4 Å². The van der Waals surface area contributed by atoms with Crippen LogP contribution < -0.4 is 5.32 Å². The van der Waals surface area contributed by atoms with E-state index in [1.54, 1.807) is 16.8 Å². The molecule has 2 aromatic rings. The first kappa shape index (κ1) is 17.7. The van der Waals surface area contributed by atoms with Crippen LogP contribution in [0.25, 0.3) is 5.69 Å². The van der Waals surface area contributed by atoms with E-state index in [9.17, 15) is 10.1 Å². The fourth-order valence-corrected chi connectivity index (χ4v) is 3.58. The number of hydrogen-bond acceptors (Lipinski definition) is 3. The molecule has 2 heterocycles. The SMILES string of the molecule is N#Cc1ccn(-c2cccc(Br)c2)c1C(=O)NCCN1CCCCC1. The van der Waals surface area contributed by atoms with Crippen LogP contribution in [-0.4, -0.2) is 41.6 Å². The third-order valence-corrected chi connectivity index (χ3v) is 4.96. The van der Waals surface area contributed by atoms with Gasteiger partial charge in [-0.25, -0.2) is 0 Å². The monoisotopic (exact) mass is 400 g/mol. The van der Waals surface area contributed by atoms with Crippen LogP contribution in [0.5, 0.6) is 0 Å². The van der Waals surface area contributed by atoms with Crippen molar-refractivity contribution in [3.63, 3.8) is 0 Å². The molecule has 1 fully saturated rings. The van der Waals surface area contributed by atoms with Crippen LogP contribution in [0.2, 0.25) is 0 Å². The minimum atomic E-state index is -0.210. The normalized spacial score (nSPS) is 14.9. The van der Waals surface area contributed by atoms with Crippen molar-refractivity contribution in [3.05, 3.63) is 52.3 Å². The van der Waals surface area contributed by atoms with E-state index >= 15 is 0 Å². The number of benzene rings is 1. The zero-order valence-corrected chi connectivity index (χ0v) is 15.6. The number of nitrogens with zero attached hydrogens (tertiary/aromatic N) is 3. The number of likely N-dealkylation sites (tertiary alicyclic amines) is 1. The molecule has 1 saturated heterocycles. The van der Waals surface area contributed by atoms with Crippen molar-refractivity contribution in [1.82, 2.24) is 14.8 Å². The van der Waals surface area contributed by atoms with Crippen LogP contribution >= 0.6 is 15.9 Å². The maximum Gasteiger partial charge on any atom is 0.269 e. The molecule has 1 aromatic heterocycles. The van der Waals surface area contributed by atoms with Crippen molar-refractivity contribution < 1.29 is 4.79 Å². The summed E-state index contributed by atoms with van der Waals surface area (Å²) < 4.78 is 2.69. The average Bonchev–Trinajstić information content (AvgIpc) is 3.07. The summed E-state index contributed by atoms with van der Waals surface area (Å²) in [4.78, 5) is 15.1. The number of hydrogen-bond donors (Lipinski definition) is 1. The number of nitriles is 1. The fourth-order valence-electron chi connectivity index (χ4n) is 3.19. The van der Waals surface area contributed by atoms with E-state index in [4.69, 9.17) is 0 Å². The summed E-state index contributed by atoms with van der Waals surface area (Å²) in [6.07, 6.45) is 5.53. The Bertz CT molecular complexity index is 787. The highest BCUT2D eigenvalue weighted by atomic mass is 79.9. The van der Waals surface area contributed by atoms with Crippen LogP contribution in [-0.2, 0) is 0 Å². The fraction of sp³-hybridized carbons (Fsp3) is 0.368. The Morgan fingerprint density at radius 1 is 1.24 bits per heavy atom. The molecule has 3 rings (SSSR count). The Labute approximate surface area is 156 Å². The molecule has 0 unspecified atom stereocenters. The van der Waals surface area contributed by atoms with Gasteiger partial charge in [0.2, 0.25) is 0 Å². The first-order valence-corrected chi connectivity index (χ1v) is 9.36. The lowest BCUT2D eigenvalue weighted by Crippen LogP contribution is -2.38. The lowest BCUT2D eigenvalue weighted by molar-refractivity contribution is 0.0939. The van der Waals surface area contributed by atoms with Crippen molar-refractivity contribution in [3.8, 4) is 11.8 Å². The smallest absolute Gasteiger partial charge is 0.269 e. The standard InChI is InChI=1S/C19H21BrN4O/c20-16-5-4-6-17(13-16)24-11-7-15(14-21)18(24)19(25)22-8-12-23-9-2-1-3-10-23/h4-7,11,13H,1-3,8-10,12H2,(H,22,25). The quantitative estimate of drug-likeness (QED) is 0.836. The summed E-state index contributed by atoms with van der Waals surface area (Å²) in [5, 5.41) is 12.3. The molecule has 0 saturated carbocycles. The van der Waals surface area contributed by atoms with Gasteiger partial charge in [-0.2, -0.15) is 5.26 Å². The third-order valence-electron chi connectivity index (χ3n) is 4.47. The van der Waals surface area contributed by atoms with Crippen LogP contribution in [0.4, 0.5) is 0 Å². The molecule has 1 N–H and O–H groups in total. The van der Waals surface area contributed by atoms with Gasteiger partial charge in [0.05, 0.1) is 5.56 Å². The average molecular weight is 401 g/mol. The number of amides is 1. The summed E-state index contributed by atoms with van der Waals surface area (Å²) in [5.74, 6) is -0.210. The molecule has 130 valence electrons. The van der Waals surface area contributed by atoms with Crippen molar-refractivity contribution >= 4 is 21.8 Å². The predicted molar refractivity (Wildman–Crippen MR) is 101 cm³/mol. The molecule has 1 aliphatic rings. The second-order valence-electron chi connectivity index (χ2n) is 6.20. The van der Waals surface area contributed by atoms with Crippen molar-refractivity contribution in [2.24, 2.45) is 0 Å². The molecule has 0 bridgehead atoms.